The van der Waals surface area contributed by atoms with Gasteiger partial charge in [0.1, 0.15) is 0 Å². The van der Waals surface area contributed by atoms with E-state index in [0.29, 0.717) is 12.1 Å². The molecule has 1 aliphatic carbocycles. The highest BCUT2D eigenvalue weighted by molar-refractivity contribution is 7.18. The summed E-state index contributed by atoms with van der Waals surface area (Å²) in [4.78, 5) is 17.8. The van der Waals surface area contributed by atoms with Gasteiger partial charge >= 0.3 is 0 Å². The highest BCUT2D eigenvalue weighted by atomic mass is 35.5. The van der Waals surface area contributed by atoms with E-state index in [1.165, 1.54) is 4.70 Å². The molecule has 1 aromatic carbocycles. The fourth-order valence-corrected chi connectivity index (χ4v) is 5.14. The summed E-state index contributed by atoms with van der Waals surface area (Å²) >= 11 is 1.74. The Morgan fingerprint density at radius 1 is 1.22 bits per heavy atom. The lowest BCUT2D eigenvalue weighted by molar-refractivity contribution is -0.126. The number of rotatable bonds is 3. The average molecular weight is 428 g/mol. The summed E-state index contributed by atoms with van der Waals surface area (Å²) in [7, 11) is 0. The van der Waals surface area contributed by atoms with Gasteiger partial charge < -0.3 is 10.6 Å². The Balaban J connectivity index is 0.00000131. The molecule has 0 saturated carbocycles. The van der Waals surface area contributed by atoms with E-state index in [2.05, 4.69) is 41.8 Å². The van der Waals surface area contributed by atoms with Crippen LogP contribution in [-0.2, 0) is 4.79 Å². The van der Waals surface area contributed by atoms with E-state index in [9.17, 15) is 4.79 Å². The van der Waals surface area contributed by atoms with Gasteiger partial charge in [0.05, 0.1) is 21.1 Å². The molecule has 2 aromatic rings. The SMILES string of the molecule is CC1CC(NC(=O)C2CC=CCC2c2nc3ccccc3s2)CCN1.Cl.Cl. The average Bonchev–Trinajstić information content (AvgIpc) is 3.06. The molecule has 148 valence electrons. The summed E-state index contributed by atoms with van der Waals surface area (Å²) in [5.41, 5.74) is 1.04. The molecule has 2 heterocycles. The van der Waals surface area contributed by atoms with Crippen molar-refractivity contribution in [2.75, 3.05) is 6.54 Å². The van der Waals surface area contributed by atoms with Crippen LogP contribution in [0.5, 0.6) is 0 Å². The maximum absolute atomic E-state index is 13.0. The lowest BCUT2D eigenvalue weighted by Gasteiger charge is -2.32. The zero-order valence-corrected chi connectivity index (χ0v) is 17.8. The summed E-state index contributed by atoms with van der Waals surface area (Å²) in [6.07, 6.45) is 8.10. The van der Waals surface area contributed by atoms with Gasteiger partial charge in [0, 0.05) is 18.0 Å². The summed E-state index contributed by atoms with van der Waals surface area (Å²) in [6, 6.07) is 9.01. The predicted molar refractivity (Wildman–Crippen MR) is 117 cm³/mol. The number of nitrogens with zero attached hydrogens (tertiary/aromatic N) is 1. The Kier molecular flexibility index (Phi) is 8.10. The third-order valence-corrected chi connectivity index (χ3v) is 6.54. The Morgan fingerprint density at radius 2 is 2.00 bits per heavy atom. The number of hydrogen-bond acceptors (Lipinski definition) is 4. The monoisotopic (exact) mass is 427 g/mol. The smallest absolute Gasteiger partial charge is 0.224 e. The molecule has 7 heteroatoms. The molecule has 0 bridgehead atoms. The quantitative estimate of drug-likeness (QED) is 0.711. The van der Waals surface area contributed by atoms with Crippen molar-refractivity contribution in [3.8, 4) is 0 Å². The van der Waals surface area contributed by atoms with Crippen molar-refractivity contribution >= 4 is 52.3 Å². The van der Waals surface area contributed by atoms with Gasteiger partial charge in [-0.2, -0.15) is 0 Å². The molecule has 1 saturated heterocycles. The first-order valence-electron chi connectivity index (χ1n) is 9.25. The number of carbonyl (C=O) groups excluding carboxylic acids is 1. The van der Waals surface area contributed by atoms with Crippen LogP contribution in [0.25, 0.3) is 10.2 Å². The van der Waals surface area contributed by atoms with Crippen LogP contribution in [0.1, 0.15) is 43.5 Å². The normalized spacial score (nSPS) is 27.4. The highest BCUT2D eigenvalue weighted by Gasteiger charge is 2.33. The van der Waals surface area contributed by atoms with Crippen LogP contribution in [0.15, 0.2) is 36.4 Å². The summed E-state index contributed by atoms with van der Waals surface area (Å²) in [6.45, 7) is 3.17. The van der Waals surface area contributed by atoms with Crippen LogP contribution in [0.3, 0.4) is 0 Å². The zero-order valence-electron chi connectivity index (χ0n) is 15.4. The molecule has 0 spiro atoms. The van der Waals surface area contributed by atoms with Gasteiger partial charge in [-0.25, -0.2) is 4.98 Å². The van der Waals surface area contributed by atoms with E-state index in [-0.39, 0.29) is 42.6 Å². The molecule has 4 unspecified atom stereocenters. The first-order valence-corrected chi connectivity index (χ1v) is 10.1. The summed E-state index contributed by atoms with van der Waals surface area (Å²) < 4.78 is 1.21. The van der Waals surface area contributed by atoms with Crippen molar-refractivity contribution in [3.63, 3.8) is 0 Å². The van der Waals surface area contributed by atoms with Gasteiger partial charge in [-0.15, -0.1) is 36.2 Å². The molecular formula is C20H27Cl2N3OS. The third kappa shape index (κ3) is 5.02. The summed E-state index contributed by atoms with van der Waals surface area (Å²) in [5.74, 6) is 0.394. The van der Waals surface area contributed by atoms with E-state index >= 15 is 0 Å². The Bertz CT molecular complexity index is 761. The molecule has 2 aliphatic rings. The highest BCUT2D eigenvalue weighted by Crippen LogP contribution is 2.38. The van der Waals surface area contributed by atoms with Gasteiger partial charge in [-0.1, -0.05) is 24.3 Å². The van der Waals surface area contributed by atoms with Gasteiger partial charge in [-0.3, -0.25) is 4.79 Å². The number of piperidine rings is 1. The minimum absolute atomic E-state index is 0. The largest absolute Gasteiger partial charge is 0.353 e. The second-order valence-corrected chi connectivity index (χ2v) is 8.32. The number of benzene rings is 1. The molecule has 1 fully saturated rings. The van der Waals surface area contributed by atoms with Crippen molar-refractivity contribution in [1.29, 1.82) is 0 Å². The molecule has 4 rings (SSSR count). The Morgan fingerprint density at radius 3 is 2.78 bits per heavy atom. The first kappa shape index (κ1) is 22.2. The van der Waals surface area contributed by atoms with Crippen molar-refractivity contribution in [1.82, 2.24) is 15.6 Å². The van der Waals surface area contributed by atoms with Crippen LogP contribution < -0.4 is 10.6 Å². The lowest BCUT2D eigenvalue weighted by Crippen LogP contribution is -2.48. The van der Waals surface area contributed by atoms with Gasteiger partial charge in [0.15, 0.2) is 0 Å². The zero-order chi connectivity index (χ0) is 17.2. The molecule has 27 heavy (non-hydrogen) atoms. The number of allylic oxidation sites excluding steroid dienone is 2. The predicted octanol–water partition coefficient (Wildman–Crippen LogP) is 4.45. The first-order chi connectivity index (χ1) is 12.2. The number of hydrogen-bond donors (Lipinski definition) is 2. The number of thiazole rings is 1. The van der Waals surface area contributed by atoms with E-state index in [0.717, 1.165) is 42.8 Å². The Labute approximate surface area is 177 Å². The van der Waals surface area contributed by atoms with Gasteiger partial charge in [0.25, 0.3) is 0 Å². The molecule has 4 atom stereocenters. The number of amides is 1. The van der Waals surface area contributed by atoms with Crippen molar-refractivity contribution in [2.45, 2.75) is 50.6 Å². The van der Waals surface area contributed by atoms with E-state index in [1.807, 2.05) is 12.1 Å². The number of nitrogens with one attached hydrogen (secondary N) is 2. The van der Waals surface area contributed by atoms with Crippen LogP contribution in [0.4, 0.5) is 0 Å². The molecule has 1 aromatic heterocycles. The molecule has 4 nitrogen and oxygen atoms in total. The molecule has 1 aliphatic heterocycles. The maximum atomic E-state index is 13.0. The molecular weight excluding hydrogens is 401 g/mol. The van der Waals surface area contributed by atoms with Gasteiger partial charge in [0.2, 0.25) is 5.91 Å². The molecule has 2 N–H and O–H groups in total. The van der Waals surface area contributed by atoms with E-state index in [1.54, 1.807) is 11.3 Å². The number of aromatic nitrogens is 1. The number of fused-ring (bicyclic) bond motifs is 1. The maximum Gasteiger partial charge on any atom is 0.224 e. The van der Waals surface area contributed by atoms with Crippen LogP contribution >= 0.6 is 36.2 Å². The fraction of sp³-hybridized carbons (Fsp3) is 0.500. The molecule has 1 amide bonds. The number of carbonyl (C=O) groups is 1. The number of para-hydroxylation sites is 1. The fourth-order valence-electron chi connectivity index (χ4n) is 4.00. The second-order valence-electron chi connectivity index (χ2n) is 7.26. The Hall–Kier alpha value is -1.14. The van der Waals surface area contributed by atoms with Crippen molar-refractivity contribution < 1.29 is 4.79 Å². The van der Waals surface area contributed by atoms with Crippen LogP contribution in [0, 0.1) is 5.92 Å². The topological polar surface area (TPSA) is 54.0 Å². The molecule has 0 radical (unpaired) electrons. The standard InChI is InChI=1S/C20H25N3OS.2ClH/c1-13-12-14(10-11-21-13)22-19(24)15-6-2-3-7-16(15)20-23-17-8-4-5-9-18(17)25-20;;/h2-5,8-9,13-16,21H,6-7,10-12H2,1H3,(H,22,24);2*1H. The second kappa shape index (κ2) is 9.87. The van der Waals surface area contributed by atoms with E-state index in [4.69, 9.17) is 4.98 Å². The minimum Gasteiger partial charge on any atom is -0.353 e. The van der Waals surface area contributed by atoms with Crippen LogP contribution in [0.2, 0.25) is 0 Å². The van der Waals surface area contributed by atoms with E-state index < -0.39 is 0 Å². The third-order valence-electron chi connectivity index (χ3n) is 5.37. The lowest BCUT2D eigenvalue weighted by atomic mass is 9.82. The van der Waals surface area contributed by atoms with Crippen molar-refractivity contribution in [3.05, 3.63) is 41.4 Å². The number of halogens is 2. The van der Waals surface area contributed by atoms with Crippen LogP contribution in [-0.4, -0.2) is 29.5 Å². The summed E-state index contributed by atoms with van der Waals surface area (Å²) in [5, 5.41) is 7.86. The van der Waals surface area contributed by atoms with Gasteiger partial charge in [-0.05, 0) is 51.3 Å². The van der Waals surface area contributed by atoms with Crippen molar-refractivity contribution in [2.24, 2.45) is 5.92 Å². The minimum atomic E-state index is -0.00393.